The van der Waals surface area contributed by atoms with Crippen molar-refractivity contribution in [2.75, 3.05) is 19.6 Å². The number of terminal acetylenes is 1. The molecule has 7 heteroatoms. The normalized spacial score (nSPS) is 17.7. The summed E-state index contributed by atoms with van der Waals surface area (Å²) >= 11 is 0. The summed E-state index contributed by atoms with van der Waals surface area (Å²) in [7, 11) is 0. The standard InChI is InChI=1S/C26H27FN2O4/c1-2-17-5-7-18(8-6-17)25(31)26(32)28-22(16-29-13-3-4-14-29)24(30)19-9-12-23(21(27)15-19)33-20-10-11-20/h1,5-9,12,15,20,22,24,30H,3-4,10-11,13-14,16H2,(H,28,32). The number of Topliss-reactive ketones (excluding diaryl/α,β-unsaturated/α-hetero) is 1. The quantitative estimate of drug-likeness (QED) is 0.349. The van der Waals surface area contributed by atoms with E-state index in [-0.39, 0.29) is 17.4 Å². The SMILES string of the molecule is C#Cc1ccc(C(=O)C(=O)NC(CN2CCCC2)C(O)c2ccc(OC3CC3)c(F)c2)cc1. The molecule has 2 atom stereocenters. The summed E-state index contributed by atoms with van der Waals surface area (Å²) in [5, 5.41) is 13.7. The maximum atomic E-state index is 14.5. The van der Waals surface area contributed by atoms with Crippen LogP contribution in [0.15, 0.2) is 42.5 Å². The van der Waals surface area contributed by atoms with Crippen LogP contribution in [0.4, 0.5) is 4.39 Å². The largest absolute Gasteiger partial charge is 0.487 e. The Kier molecular flexibility index (Phi) is 7.07. The van der Waals surface area contributed by atoms with Crippen molar-refractivity contribution < 1.29 is 23.8 Å². The van der Waals surface area contributed by atoms with E-state index in [2.05, 4.69) is 16.1 Å². The number of ether oxygens (including phenoxy) is 1. The van der Waals surface area contributed by atoms with Crippen LogP contribution in [0.3, 0.4) is 0 Å². The maximum Gasteiger partial charge on any atom is 0.292 e. The van der Waals surface area contributed by atoms with Gasteiger partial charge in [0.05, 0.1) is 12.1 Å². The first-order valence-electron chi connectivity index (χ1n) is 11.2. The number of rotatable bonds is 9. The third-order valence-corrected chi connectivity index (χ3v) is 5.99. The van der Waals surface area contributed by atoms with Crippen molar-refractivity contribution in [3.63, 3.8) is 0 Å². The van der Waals surface area contributed by atoms with Crippen LogP contribution < -0.4 is 10.1 Å². The van der Waals surface area contributed by atoms with Gasteiger partial charge in [-0.05, 0) is 80.7 Å². The van der Waals surface area contributed by atoms with Crippen molar-refractivity contribution in [1.82, 2.24) is 10.2 Å². The number of benzene rings is 2. The maximum absolute atomic E-state index is 14.5. The highest BCUT2D eigenvalue weighted by atomic mass is 19.1. The zero-order chi connectivity index (χ0) is 23.4. The Bertz CT molecular complexity index is 1050. The van der Waals surface area contributed by atoms with Gasteiger partial charge in [-0.15, -0.1) is 6.42 Å². The van der Waals surface area contributed by atoms with E-state index >= 15 is 0 Å². The summed E-state index contributed by atoms with van der Waals surface area (Å²) in [6.45, 7) is 2.02. The van der Waals surface area contributed by atoms with E-state index in [9.17, 15) is 19.1 Å². The van der Waals surface area contributed by atoms with Crippen LogP contribution in [0.1, 0.15) is 53.3 Å². The number of carbonyl (C=O) groups excluding carboxylic acids is 2. The van der Waals surface area contributed by atoms with Crippen LogP contribution in [-0.2, 0) is 4.79 Å². The number of nitrogens with one attached hydrogen (secondary N) is 1. The molecule has 1 aliphatic carbocycles. The van der Waals surface area contributed by atoms with E-state index < -0.39 is 29.7 Å². The number of hydrogen-bond acceptors (Lipinski definition) is 5. The summed E-state index contributed by atoms with van der Waals surface area (Å²) < 4.78 is 20.1. The number of carbonyl (C=O) groups is 2. The monoisotopic (exact) mass is 450 g/mol. The first-order chi connectivity index (χ1) is 15.9. The molecule has 2 N–H and O–H groups in total. The lowest BCUT2D eigenvalue weighted by molar-refractivity contribution is -0.118. The summed E-state index contributed by atoms with van der Waals surface area (Å²) in [5.41, 5.74) is 1.12. The van der Waals surface area contributed by atoms with E-state index in [0.29, 0.717) is 17.7 Å². The molecule has 2 aromatic rings. The molecular formula is C26H27FN2O4. The highest BCUT2D eigenvalue weighted by molar-refractivity contribution is 6.42. The highest BCUT2D eigenvalue weighted by Crippen LogP contribution is 2.30. The molecule has 0 aromatic heterocycles. The summed E-state index contributed by atoms with van der Waals surface area (Å²) in [5.74, 6) is 0.494. The number of hydrogen-bond donors (Lipinski definition) is 2. The van der Waals surface area contributed by atoms with Crippen LogP contribution in [0, 0.1) is 18.2 Å². The third-order valence-electron chi connectivity index (χ3n) is 5.99. The van der Waals surface area contributed by atoms with Crippen LogP contribution in [0.2, 0.25) is 0 Å². The number of aliphatic hydroxyl groups is 1. The van der Waals surface area contributed by atoms with Crippen molar-refractivity contribution in [3.05, 3.63) is 65.0 Å². The predicted octanol–water partition coefficient (Wildman–Crippen LogP) is 2.85. The van der Waals surface area contributed by atoms with Crippen LogP contribution in [-0.4, -0.2) is 53.5 Å². The van der Waals surface area contributed by atoms with Gasteiger partial charge >= 0.3 is 0 Å². The Morgan fingerprint density at radius 1 is 1.18 bits per heavy atom. The molecule has 4 rings (SSSR count). The minimum atomic E-state index is -1.20. The fraction of sp³-hybridized carbons (Fsp3) is 0.385. The summed E-state index contributed by atoms with van der Waals surface area (Å²) in [6, 6.07) is 9.70. The van der Waals surface area contributed by atoms with Crippen molar-refractivity contribution in [3.8, 4) is 18.1 Å². The Morgan fingerprint density at radius 2 is 1.88 bits per heavy atom. The van der Waals surface area contributed by atoms with Gasteiger partial charge in [0.25, 0.3) is 5.91 Å². The molecule has 0 bridgehead atoms. The minimum Gasteiger partial charge on any atom is -0.487 e. The molecule has 0 radical (unpaired) electrons. The number of halogens is 1. The molecule has 1 aliphatic heterocycles. The molecule has 0 spiro atoms. The lowest BCUT2D eigenvalue weighted by atomic mass is 10.0. The highest BCUT2D eigenvalue weighted by Gasteiger charge is 2.30. The number of likely N-dealkylation sites (tertiary alicyclic amines) is 1. The fourth-order valence-corrected chi connectivity index (χ4v) is 3.95. The van der Waals surface area contributed by atoms with Crippen molar-refractivity contribution in [2.45, 2.75) is 43.9 Å². The molecule has 172 valence electrons. The Labute approximate surface area is 192 Å². The molecule has 2 aromatic carbocycles. The molecule has 1 saturated carbocycles. The van der Waals surface area contributed by atoms with Gasteiger partial charge in [0.2, 0.25) is 5.78 Å². The Balaban J connectivity index is 1.49. The number of ketones is 1. The van der Waals surface area contributed by atoms with Gasteiger partial charge in [0.15, 0.2) is 11.6 Å². The van der Waals surface area contributed by atoms with Gasteiger partial charge in [-0.3, -0.25) is 9.59 Å². The van der Waals surface area contributed by atoms with Gasteiger partial charge in [-0.1, -0.05) is 12.0 Å². The van der Waals surface area contributed by atoms with Gasteiger partial charge in [0.1, 0.15) is 6.10 Å². The second-order valence-corrected chi connectivity index (χ2v) is 8.59. The molecule has 6 nitrogen and oxygen atoms in total. The van der Waals surface area contributed by atoms with Crippen molar-refractivity contribution in [2.24, 2.45) is 0 Å². The van der Waals surface area contributed by atoms with Gasteiger partial charge in [-0.25, -0.2) is 4.39 Å². The number of nitrogens with zero attached hydrogens (tertiary/aromatic N) is 1. The van der Waals surface area contributed by atoms with Crippen LogP contribution >= 0.6 is 0 Å². The van der Waals surface area contributed by atoms with E-state index in [1.807, 2.05) is 0 Å². The molecular weight excluding hydrogens is 423 g/mol. The Morgan fingerprint density at radius 3 is 2.48 bits per heavy atom. The first kappa shape index (κ1) is 23.0. The average molecular weight is 451 g/mol. The van der Waals surface area contributed by atoms with Gasteiger partial charge in [-0.2, -0.15) is 0 Å². The van der Waals surface area contributed by atoms with Crippen LogP contribution in [0.25, 0.3) is 0 Å². The zero-order valence-electron chi connectivity index (χ0n) is 18.3. The molecule has 33 heavy (non-hydrogen) atoms. The molecule has 2 aliphatic rings. The lowest BCUT2D eigenvalue weighted by Crippen LogP contribution is -2.48. The van der Waals surface area contributed by atoms with Crippen LogP contribution in [0.5, 0.6) is 5.75 Å². The molecule has 1 heterocycles. The second kappa shape index (κ2) is 10.2. The second-order valence-electron chi connectivity index (χ2n) is 8.59. The van der Waals surface area contributed by atoms with E-state index in [4.69, 9.17) is 11.2 Å². The average Bonchev–Trinajstić information content (AvgIpc) is 3.50. The molecule has 2 unspecified atom stereocenters. The number of aliphatic hydroxyl groups excluding tert-OH is 1. The minimum absolute atomic E-state index is 0.0539. The lowest BCUT2D eigenvalue weighted by Gasteiger charge is -2.28. The molecule has 2 fully saturated rings. The van der Waals surface area contributed by atoms with E-state index in [0.717, 1.165) is 38.8 Å². The summed E-state index contributed by atoms with van der Waals surface area (Å²) in [4.78, 5) is 27.5. The third kappa shape index (κ3) is 5.78. The Hall–Kier alpha value is -3.21. The van der Waals surface area contributed by atoms with Gasteiger partial charge < -0.3 is 20.1 Å². The predicted molar refractivity (Wildman–Crippen MR) is 121 cm³/mol. The molecule has 1 saturated heterocycles. The van der Waals surface area contributed by atoms with Crippen molar-refractivity contribution >= 4 is 11.7 Å². The fourth-order valence-electron chi connectivity index (χ4n) is 3.95. The smallest absolute Gasteiger partial charge is 0.292 e. The van der Waals surface area contributed by atoms with E-state index in [1.165, 1.54) is 24.3 Å². The van der Waals surface area contributed by atoms with Gasteiger partial charge in [0, 0.05) is 17.7 Å². The van der Waals surface area contributed by atoms with Crippen molar-refractivity contribution in [1.29, 1.82) is 0 Å². The zero-order valence-corrected chi connectivity index (χ0v) is 18.3. The molecule has 1 amide bonds. The number of amides is 1. The summed E-state index contributed by atoms with van der Waals surface area (Å²) in [6.07, 6.45) is 8.06. The first-order valence-corrected chi connectivity index (χ1v) is 11.2. The topological polar surface area (TPSA) is 78.9 Å². The van der Waals surface area contributed by atoms with E-state index in [1.54, 1.807) is 18.2 Å².